The largest absolute Gasteiger partial charge is 0.398 e. The van der Waals surface area contributed by atoms with E-state index in [1.54, 1.807) is 11.3 Å². The highest BCUT2D eigenvalue weighted by Gasteiger charge is 2.19. The van der Waals surface area contributed by atoms with Gasteiger partial charge < -0.3 is 15.5 Å². The van der Waals surface area contributed by atoms with Gasteiger partial charge in [-0.25, -0.2) is 4.98 Å². The van der Waals surface area contributed by atoms with Crippen LogP contribution in [0.5, 0.6) is 0 Å². The summed E-state index contributed by atoms with van der Waals surface area (Å²) in [5, 5.41) is 3.16. The molecule has 0 radical (unpaired) electrons. The second kappa shape index (κ2) is 5.09. The molecular weight excluding hydrogens is 256 g/mol. The van der Waals surface area contributed by atoms with Crippen molar-refractivity contribution in [3.8, 4) is 0 Å². The lowest BCUT2D eigenvalue weighted by atomic mass is 10.1. The number of hydrogen-bond acceptors (Lipinski definition) is 5. The van der Waals surface area contributed by atoms with Gasteiger partial charge in [-0.05, 0) is 24.6 Å². The fraction of sp³-hybridized carbons (Fsp3) is 0.357. The highest BCUT2D eigenvalue weighted by atomic mass is 32.1. The van der Waals surface area contributed by atoms with Crippen LogP contribution in [0.3, 0.4) is 0 Å². The minimum absolute atomic E-state index is 0.875. The van der Waals surface area contributed by atoms with E-state index in [1.165, 1.54) is 5.69 Å². The fourth-order valence-corrected chi connectivity index (χ4v) is 3.05. The lowest BCUT2D eigenvalue weighted by molar-refractivity contribution is 0.652. The molecule has 1 fully saturated rings. The monoisotopic (exact) mass is 274 g/mol. The van der Waals surface area contributed by atoms with Crippen LogP contribution in [0.15, 0.2) is 29.8 Å². The van der Waals surface area contributed by atoms with E-state index >= 15 is 0 Å². The standard InChI is InChI=1S/C14H18N4S/c1-11-2-3-12(10-13(11)15)17-5-7-18(8-6-17)14-16-4-9-19-14/h2-4,9-10H,5-8,15H2,1H3. The number of nitrogens with zero attached hydrogens (tertiary/aromatic N) is 3. The van der Waals surface area contributed by atoms with Crippen LogP contribution in [0, 0.1) is 6.92 Å². The van der Waals surface area contributed by atoms with E-state index in [0.717, 1.165) is 42.6 Å². The van der Waals surface area contributed by atoms with Crippen LogP contribution in [0.25, 0.3) is 0 Å². The molecule has 1 aromatic carbocycles. The van der Waals surface area contributed by atoms with Crippen molar-refractivity contribution < 1.29 is 0 Å². The summed E-state index contributed by atoms with van der Waals surface area (Å²) >= 11 is 1.71. The molecule has 5 heteroatoms. The first-order valence-electron chi connectivity index (χ1n) is 6.49. The molecule has 0 saturated carbocycles. The summed E-state index contributed by atoms with van der Waals surface area (Å²) < 4.78 is 0. The van der Waals surface area contributed by atoms with Gasteiger partial charge in [-0.15, -0.1) is 11.3 Å². The van der Waals surface area contributed by atoms with Gasteiger partial charge in [0, 0.05) is 49.1 Å². The Balaban J connectivity index is 1.68. The molecular formula is C14H18N4S. The minimum atomic E-state index is 0.875. The molecule has 0 spiro atoms. The lowest BCUT2D eigenvalue weighted by Gasteiger charge is -2.36. The van der Waals surface area contributed by atoms with Crippen molar-refractivity contribution in [2.45, 2.75) is 6.92 Å². The summed E-state index contributed by atoms with van der Waals surface area (Å²) in [5.41, 5.74) is 9.23. The van der Waals surface area contributed by atoms with E-state index in [-0.39, 0.29) is 0 Å². The second-order valence-corrected chi connectivity index (χ2v) is 5.70. The molecule has 2 heterocycles. The van der Waals surface area contributed by atoms with Gasteiger partial charge in [0.1, 0.15) is 0 Å². The van der Waals surface area contributed by atoms with Gasteiger partial charge in [-0.3, -0.25) is 0 Å². The van der Waals surface area contributed by atoms with Gasteiger partial charge in [0.25, 0.3) is 0 Å². The Kier molecular flexibility index (Phi) is 3.29. The first-order chi connectivity index (χ1) is 9.24. The van der Waals surface area contributed by atoms with Crippen LogP contribution in [-0.4, -0.2) is 31.2 Å². The quantitative estimate of drug-likeness (QED) is 0.854. The minimum Gasteiger partial charge on any atom is -0.398 e. The van der Waals surface area contributed by atoms with Gasteiger partial charge in [0.15, 0.2) is 5.13 Å². The number of hydrogen-bond donors (Lipinski definition) is 1. The number of aryl methyl sites for hydroxylation is 1. The third-order valence-electron chi connectivity index (χ3n) is 3.60. The molecule has 4 nitrogen and oxygen atoms in total. The van der Waals surface area contributed by atoms with Gasteiger partial charge in [-0.2, -0.15) is 0 Å². The SMILES string of the molecule is Cc1ccc(N2CCN(c3nccs3)CC2)cc1N. The average molecular weight is 274 g/mol. The highest BCUT2D eigenvalue weighted by molar-refractivity contribution is 7.13. The molecule has 0 aliphatic carbocycles. The van der Waals surface area contributed by atoms with E-state index in [1.807, 2.05) is 18.5 Å². The zero-order valence-electron chi connectivity index (χ0n) is 11.0. The van der Waals surface area contributed by atoms with Crippen LogP contribution in [0.1, 0.15) is 5.56 Å². The number of aromatic nitrogens is 1. The predicted octanol–water partition coefficient (Wildman–Crippen LogP) is 2.36. The number of rotatable bonds is 2. The summed E-state index contributed by atoms with van der Waals surface area (Å²) in [5.74, 6) is 0. The maximum atomic E-state index is 5.99. The Morgan fingerprint density at radius 2 is 1.89 bits per heavy atom. The van der Waals surface area contributed by atoms with Gasteiger partial charge in [0.2, 0.25) is 0 Å². The lowest BCUT2D eigenvalue weighted by Crippen LogP contribution is -2.46. The molecule has 2 N–H and O–H groups in total. The average Bonchev–Trinajstić information content (AvgIpc) is 2.96. The highest BCUT2D eigenvalue weighted by Crippen LogP contribution is 2.24. The molecule has 100 valence electrons. The number of thiazole rings is 1. The number of benzene rings is 1. The Labute approximate surface area is 117 Å². The van der Waals surface area contributed by atoms with Gasteiger partial charge >= 0.3 is 0 Å². The van der Waals surface area contributed by atoms with Crippen molar-refractivity contribution in [3.63, 3.8) is 0 Å². The summed E-state index contributed by atoms with van der Waals surface area (Å²) in [7, 11) is 0. The maximum absolute atomic E-state index is 5.99. The number of anilines is 3. The number of nitrogen functional groups attached to an aromatic ring is 1. The molecule has 19 heavy (non-hydrogen) atoms. The van der Waals surface area contributed by atoms with E-state index < -0.39 is 0 Å². The van der Waals surface area contributed by atoms with Crippen LogP contribution < -0.4 is 15.5 Å². The van der Waals surface area contributed by atoms with E-state index in [2.05, 4.69) is 33.0 Å². The Morgan fingerprint density at radius 3 is 2.53 bits per heavy atom. The molecule has 2 aromatic rings. The first kappa shape index (κ1) is 12.3. The third-order valence-corrected chi connectivity index (χ3v) is 4.43. The second-order valence-electron chi connectivity index (χ2n) is 4.83. The molecule has 0 bridgehead atoms. The van der Waals surface area contributed by atoms with Crippen molar-refractivity contribution in [1.82, 2.24) is 4.98 Å². The fourth-order valence-electron chi connectivity index (χ4n) is 2.35. The van der Waals surface area contributed by atoms with Crippen LogP contribution >= 0.6 is 11.3 Å². The Morgan fingerprint density at radius 1 is 1.16 bits per heavy atom. The predicted molar refractivity (Wildman–Crippen MR) is 82.1 cm³/mol. The van der Waals surface area contributed by atoms with Crippen molar-refractivity contribution in [2.24, 2.45) is 0 Å². The normalized spacial score (nSPS) is 15.8. The molecule has 0 unspecified atom stereocenters. The molecule has 3 rings (SSSR count). The van der Waals surface area contributed by atoms with Crippen LogP contribution in [-0.2, 0) is 0 Å². The Hall–Kier alpha value is -1.75. The van der Waals surface area contributed by atoms with Crippen molar-refractivity contribution in [3.05, 3.63) is 35.3 Å². The molecule has 1 saturated heterocycles. The Bertz CT molecular complexity index is 545. The topological polar surface area (TPSA) is 45.4 Å². The van der Waals surface area contributed by atoms with E-state index in [9.17, 15) is 0 Å². The molecule has 0 atom stereocenters. The third kappa shape index (κ3) is 2.51. The van der Waals surface area contributed by atoms with Crippen molar-refractivity contribution in [1.29, 1.82) is 0 Å². The van der Waals surface area contributed by atoms with Crippen molar-refractivity contribution >= 4 is 27.8 Å². The summed E-state index contributed by atoms with van der Waals surface area (Å²) in [6.45, 7) is 6.10. The number of piperazine rings is 1. The molecule has 1 aromatic heterocycles. The zero-order valence-corrected chi connectivity index (χ0v) is 11.9. The van der Waals surface area contributed by atoms with E-state index in [4.69, 9.17) is 5.73 Å². The summed E-state index contributed by atoms with van der Waals surface area (Å²) in [4.78, 5) is 9.10. The van der Waals surface area contributed by atoms with Gasteiger partial charge in [-0.1, -0.05) is 6.07 Å². The maximum Gasteiger partial charge on any atom is 0.185 e. The zero-order chi connectivity index (χ0) is 13.2. The van der Waals surface area contributed by atoms with Gasteiger partial charge in [0.05, 0.1) is 0 Å². The summed E-state index contributed by atoms with van der Waals surface area (Å²) in [6.07, 6.45) is 1.87. The van der Waals surface area contributed by atoms with Crippen LogP contribution in [0.4, 0.5) is 16.5 Å². The summed E-state index contributed by atoms with van der Waals surface area (Å²) in [6, 6.07) is 6.33. The smallest absolute Gasteiger partial charge is 0.185 e. The first-order valence-corrected chi connectivity index (χ1v) is 7.37. The van der Waals surface area contributed by atoms with Crippen molar-refractivity contribution in [2.75, 3.05) is 41.7 Å². The molecule has 0 amide bonds. The molecule has 1 aliphatic heterocycles. The number of nitrogens with two attached hydrogens (primary N) is 1. The van der Waals surface area contributed by atoms with Crippen LogP contribution in [0.2, 0.25) is 0 Å². The van der Waals surface area contributed by atoms with E-state index in [0.29, 0.717) is 0 Å². The molecule has 1 aliphatic rings.